The topological polar surface area (TPSA) is 94.0 Å². The van der Waals surface area contributed by atoms with Gasteiger partial charge in [0.1, 0.15) is 5.82 Å². The highest BCUT2D eigenvalue weighted by molar-refractivity contribution is 5.98. The van der Waals surface area contributed by atoms with Crippen molar-refractivity contribution in [2.75, 3.05) is 11.1 Å². The summed E-state index contributed by atoms with van der Waals surface area (Å²) >= 11 is 0. The van der Waals surface area contributed by atoms with Crippen LogP contribution in [-0.2, 0) is 0 Å². The summed E-state index contributed by atoms with van der Waals surface area (Å²) in [6.07, 6.45) is 2.54. The number of anilines is 2. The summed E-state index contributed by atoms with van der Waals surface area (Å²) in [6, 6.07) is 12.1. The van der Waals surface area contributed by atoms with Gasteiger partial charge in [-0.05, 0) is 18.1 Å². The van der Waals surface area contributed by atoms with E-state index in [9.17, 15) is 4.79 Å². The van der Waals surface area contributed by atoms with Crippen molar-refractivity contribution in [1.29, 1.82) is 0 Å². The molecule has 1 amide bonds. The third-order valence-corrected chi connectivity index (χ3v) is 3.51. The molecule has 1 aromatic carbocycles. The second-order valence-electron chi connectivity index (χ2n) is 5.03. The zero-order valence-electron chi connectivity index (χ0n) is 10.9. The third kappa shape index (κ3) is 2.42. The lowest BCUT2D eigenvalue weighted by molar-refractivity contribution is 0.100. The third-order valence-electron chi connectivity index (χ3n) is 3.51. The molecule has 1 aromatic heterocycles. The van der Waals surface area contributed by atoms with Crippen molar-refractivity contribution in [3.05, 3.63) is 53.7 Å². The first-order chi connectivity index (χ1) is 9.65. The summed E-state index contributed by atoms with van der Waals surface area (Å²) in [6.45, 7) is 0. The molecule has 2 unspecified atom stereocenters. The first kappa shape index (κ1) is 12.5. The van der Waals surface area contributed by atoms with E-state index < -0.39 is 5.91 Å². The summed E-state index contributed by atoms with van der Waals surface area (Å²) in [7, 11) is 0. The van der Waals surface area contributed by atoms with E-state index in [1.165, 1.54) is 11.8 Å². The number of carbonyl (C=O) groups excluding carboxylic acids is 1. The molecule has 1 aliphatic rings. The predicted molar refractivity (Wildman–Crippen MR) is 78.4 cm³/mol. The summed E-state index contributed by atoms with van der Waals surface area (Å²) in [5.74, 6) is 0.440. The normalized spacial score (nSPS) is 20.4. The zero-order valence-corrected chi connectivity index (χ0v) is 10.9. The van der Waals surface area contributed by atoms with Crippen LogP contribution in [0, 0.1) is 0 Å². The van der Waals surface area contributed by atoms with Crippen molar-refractivity contribution in [2.45, 2.75) is 18.4 Å². The van der Waals surface area contributed by atoms with E-state index in [-0.39, 0.29) is 6.04 Å². The molecule has 0 bridgehead atoms. The number of nitrogens with zero attached hydrogens (tertiary/aromatic N) is 1. The number of hydrogen-bond acceptors (Lipinski definition) is 4. The van der Waals surface area contributed by atoms with Crippen molar-refractivity contribution < 1.29 is 4.79 Å². The molecule has 2 atom stereocenters. The maximum Gasteiger partial charge on any atom is 0.252 e. The van der Waals surface area contributed by atoms with Gasteiger partial charge >= 0.3 is 0 Å². The highest BCUT2D eigenvalue weighted by Crippen LogP contribution is 2.42. The second-order valence-corrected chi connectivity index (χ2v) is 5.03. The lowest BCUT2D eigenvalue weighted by Crippen LogP contribution is -2.17. The second kappa shape index (κ2) is 4.85. The molecule has 5 nitrogen and oxygen atoms in total. The number of amides is 1. The predicted octanol–water partition coefficient (Wildman–Crippen LogP) is 1.73. The SMILES string of the molecule is NC(=O)c1cc(N)cnc1NC1CC1c1ccccc1. The zero-order chi connectivity index (χ0) is 14.1. The molecule has 0 spiro atoms. The van der Waals surface area contributed by atoms with Crippen LogP contribution in [0.15, 0.2) is 42.6 Å². The maximum atomic E-state index is 11.4. The van der Waals surface area contributed by atoms with Gasteiger partial charge in [0.25, 0.3) is 5.91 Å². The van der Waals surface area contributed by atoms with Crippen LogP contribution >= 0.6 is 0 Å². The van der Waals surface area contributed by atoms with Gasteiger partial charge in [0.05, 0.1) is 17.4 Å². The van der Waals surface area contributed by atoms with Gasteiger partial charge in [-0.15, -0.1) is 0 Å². The van der Waals surface area contributed by atoms with Crippen molar-refractivity contribution in [1.82, 2.24) is 4.98 Å². The molecule has 0 saturated heterocycles. The quantitative estimate of drug-likeness (QED) is 0.787. The largest absolute Gasteiger partial charge is 0.397 e. The average Bonchev–Trinajstić information content (AvgIpc) is 3.21. The molecule has 1 saturated carbocycles. The molecule has 5 N–H and O–H groups in total. The Bertz CT molecular complexity index is 642. The molecule has 102 valence electrons. The van der Waals surface area contributed by atoms with Gasteiger partial charge in [0, 0.05) is 12.0 Å². The van der Waals surface area contributed by atoms with Crippen LogP contribution in [0.25, 0.3) is 0 Å². The number of nitrogens with two attached hydrogens (primary N) is 2. The van der Waals surface area contributed by atoms with Gasteiger partial charge in [-0.2, -0.15) is 0 Å². The Morgan fingerprint density at radius 1 is 1.30 bits per heavy atom. The number of primary amides is 1. The van der Waals surface area contributed by atoms with E-state index in [1.54, 1.807) is 6.07 Å². The first-order valence-electron chi connectivity index (χ1n) is 6.52. The Balaban J connectivity index is 1.76. The lowest BCUT2D eigenvalue weighted by atomic mass is 10.1. The number of aromatic nitrogens is 1. The molecule has 0 aliphatic heterocycles. The molecule has 1 fully saturated rings. The number of pyridine rings is 1. The Morgan fingerprint density at radius 3 is 2.75 bits per heavy atom. The van der Waals surface area contributed by atoms with Gasteiger partial charge in [-0.1, -0.05) is 30.3 Å². The number of nitrogens with one attached hydrogen (secondary N) is 1. The van der Waals surface area contributed by atoms with E-state index >= 15 is 0 Å². The summed E-state index contributed by atoms with van der Waals surface area (Å²) in [4.78, 5) is 15.6. The fraction of sp³-hybridized carbons (Fsp3) is 0.200. The molecule has 0 radical (unpaired) electrons. The van der Waals surface area contributed by atoms with E-state index in [1.807, 2.05) is 18.2 Å². The molecular formula is C15H16N4O. The van der Waals surface area contributed by atoms with Crippen molar-refractivity contribution in [3.63, 3.8) is 0 Å². The van der Waals surface area contributed by atoms with E-state index in [4.69, 9.17) is 11.5 Å². The highest BCUT2D eigenvalue weighted by atomic mass is 16.1. The molecule has 20 heavy (non-hydrogen) atoms. The van der Waals surface area contributed by atoms with Crippen LogP contribution in [0.1, 0.15) is 28.3 Å². The Hall–Kier alpha value is -2.56. The molecule has 3 rings (SSSR count). The van der Waals surface area contributed by atoms with E-state index in [0.717, 1.165) is 6.42 Å². The minimum absolute atomic E-state index is 0.284. The smallest absolute Gasteiger partial charge is 0.252 e. The van der Waals surface area contributed by atoms with Crippen LogP contribution in [0.4, 0.5) is 11.5 Å². The molecule has 1 aliphatic carbocycles. The van der Waals surface area contributed by atoms with E-state index in [2.05, 4.69) is 22.4 Å². The maximum absolute atomic E-state index is 11.4. The summed E-state index contributed by atoms with van der Waals surface area (Å²) < 4.78 is 0. The standard InChI is InChI=1S/C15H16N4O/c16-10-6-12(14(17)20)15(18-8-10)19-13-7-11(13)9-4-2-1-3-5-9/h1-6,8,11,13H,7,16H2,(H2,17,20)(H,18,19). The van der Waals surface area contributed by atoms with Gasteiger partial charge < -0.3 is 16.8 Å². The fourth-order valence-electron chi connectivity index (χ4n) is 2.38. The molecule has 2 aromatic rings. The number of nitrogen functional groups attached to an aromatic ring is 1. The van der Waals surface area contributed by atoms with Crippen LogP contribution in [-0.4, -0.2) is 16.9 Å². The Labute approximate surface area is 117 Å². The molecular weight excluding hydrogens is 252 g/mol. The van der Waals surface area contributed by atoms with Crippen LogP contribution in [0.2, 0.25) is 0 Å². The lowest BCUT2D eigenvalue weighted by Gasteiger charge is -2.09. The van der Waals surface area contributed by atoms with Crippen molar-refractivity contribution in [2.24, 2.45) is 5.73 Å². The van der Waals surface area contributed by atoms with Crippen LogP contribution in [0.5, 0.6) is 0 Å². The molecule has 5 heteroatoms. The van der Waals surface area contributed by atoms with Crippen LogP contribution in [0.3, 0.4) is 0 Å². The highest BCUT2D eigenvalue weighted by Gasteiger charge is 2.38. The minimum atomic E-state index is -0.524. The van der Waals surface area contributed by atoms with Gasteiger partial charge in [0.15, 0.2) is 0 Å². The van der Waals surface area contributed by atoms with Gasteiger partial charge in [0.2, 0.25) is 0 Å². The number of benzene rings is 1. The molecule has 1 heterocycles. The number of rotatable bonds is 4. The Kier molecular flexibility index (Phi) is 3.02. The van der Waals surface area contributed by atoms with Gasteiger partial charge in [-0.3, -0.25) is 4.79 Å². The fourth-order valence-corrected chi connectivity index (χ4v) is 2.38. The van der Waals surface area contributed by atoms with Crippen molar-refractivity contribution >= 4 is 17.4 Å². The van der Waals surface area contributed by atoms with Crippen molar-refractivity contribution in [3.8, 4) is 0 Å². The monoisotopic (exact) mass is 268 g/mol. The number of hydrogen-bond donors (Lipinski definition) is 3. The summed E-state index contributed by atoms with van der Waals surface area (Å²) in [5.41, 5.74) is 13.0. The first-order valence-corrected chi connectivity index (χ1v) is 6.52. The van der Waals surface area contributed by atoms with Crippen LogP contribution < -0.4 is 16.8 Å². The number of carbonyl (C=O) groups is 1. The average molecular weight is 268 g/mol. The van der Waals surface area contributed by atoms with E-state index in [0.29, 0.717) is 23.0 Å². The minimum Gasteiger partial charge on any atom is -0.397 e. The Morgan fingerprint density at radius 2 is 2.05 bits per heavy atom. The van der Waals surface area contributed by atoms with Gasteiger partial charge in [-0.25, -0.2) is 4.98 Å². The summed E-state index contributed by atoms with van der Waals surface area (Å²) in [5, 5.41) is 3.27.